The third-order valence-electron chi connectivity index (χ3n) is 7.44. The molecule has 1 unspecified atom stereocenters. The molecular weight excluding hydrogens is 541 g/mol. The van der Waals surface area contributed by atoms with Gasteiger partial charge in [0.25, 0.3) is 0 Å². The summed E-state index contributed by atoms with van der Waals surface area (Å²) in [6, 6.07) is 25.4. The van der Waals surface area contributed by atoms with Gasteiger partial charge in [0.1, 0.15) is 5.69 Å². The molecule has 3 aromatic carbocycles. The Morgan fingerprint density at radius 3 is 2.43 bits per heavy atom. The number of benzene rings is 3. The first-order valence-electron chi connectivity index (χ1n) is 13.8. The van der Waals surface area contributed by atoms with E-state index in [1.165, 1.54) is 24.3 Å². The second-order valence-corrected chi connectivity index (χ2v) is 10.5. The first kappa shape index (κ1) is 29.0. The second kappa shape index (κ2) is 12.5. The van der Waals surface area contributed by atoms with E-state index in [1.807, 2.05) is 60.8 Å². The third kappa shape index (κ3) is 6.84. The number of hydrogen-bond donors (Lipinski definition) is 1. The van der Waals surface area contributed by atoms with Crippen molar-refractivity contribution < 1.29 is 23.1 Å². The summed E-state index contributed by atoms with van der Waals surface area (Å²) in [5.74, 6) is -0.273. The molecule has 1 aliphatic carbocycles. The molecule has 1 saturated carbocycles. The highest BCUT2D eigenvalue weighted by Gasteiger charge is 2.36. The SMILES string of the molecule is N#Cc1cccc(-n2nc(C(F)(F)F)cc2C(=O)Cc2cccc(C(N=CC3CCC(O)CC3)c3ccccc3)c2)c1. The molecular formula is C33H29F3N4O2. The monoisotopic (exact) mass is 570 g/mol. The van der Waals surface area contributed by atoms with Crippen LogP contribution in [0.3, 0.4) is 0 Å². The van der Waals surface area contributed by atoms with Gasteiger partial charge in [-0.25, -0.2) is 4.68 Å². The van der Waals surface area contributed by atoms with Crippen LogP contribution < -0.4 is 0 Å². The van der Waals surface area contributed by atoms with Gasteiger partial charge in [0.2, 0.25) is 0 Å². The maximum Gasteiger partial charge on any atom is 0.435 e. The number of carbonyl (C=O) groups is 1. The highest BCUT2D eigenvalue weighted by Crippen LogP contribution is 2.31. The number of ketones is 1. The Kier molecular flexibility index (Phi) is 8.64. The van der Waals surface area contributed by atoms with E-state index in [2.05, 4.69) is 5.10 Å². The van der Waals surface area contributed by atoms with Crippen LogP contribution in [-0.4, -0.2) is 33.0 Å². The van der Waals surface area contributed by atoms with Crippen LogP contribution in [0, 0.1) is 17.2 Å². The molecule has 5 rings (SSSR count). The van der Waals surface area contributed by atoms with Crippen molar-refractivity contribution in [2.24, 2.45) is 10.9 Å². The highest BCUT2D eigenvalue weighted by atomic mass is 19.4. The summed E-state index contributed by atoms with van der Waals surface area (Å²) >= 11 is 0. The van der Waals surface area contributed by atoms with Crippen molar-refractivity contribution in [1.29, 1.82) is 5.26 Å². The fourth-order valence-corrected chi connectivity index (χ4v) is 5.23. The minimum absolute atomic E-state index is 0.152. The molecule has 0 saturated heterocycles. The van der Waals surface area contributed by atoms with Gasteiger partial charge in [0.15, 0.2) is 11.5 Å². The predicted molar refractivity (Wildman–Crippen MR) is 152 cm³/mol. The zero-order valence-electron chi connectivity index (χ0n) is 22.7. The summed E-state index contributed by atoms with van der Waals surface area (Å²) in [7, 11) is 0. The van der Waals surface area contributed by atoms with Crippen molar-refractivity contribution in [3.8, 4) is 11.8 Å². The molecule has 1 aromatic heterocycles. The van der Waals surface area contributed by atoms with Crippen LogP contribution >= 0.6 is 0 Å². The lowest BCUT2D eigenvalue weighted by Crippen LogP contribution is -2.19. The number of Topliss-reactive ketones (excluding diaryl/α,β-unsaturated/α-hetero) is 1. The van der Waals surface area contributed by atoms with E-state index in [4.69, 9.17) is 4.99 Å². The van der Waals surface area contributed by atoms with Crippen LogP contribution in [0.25, 0.3) is 5.69 Å². The topological polar surface area (TPSA) is 91.3 Å². The molecule has 1 fully saturated rings. The van der Waals surface area contributed by atoms with Crippen molar-refractivity contribution >= 4 is 12.0 Å². The van der Waals surface area contributed by atoms with Gasteiger partial charge >= 0.3 is 6.18 Å². The Balaban J connectivity index is 1.45. The van der Waals surface area contributed by atoms with E-state index < -0.39 is 17.7 Å². The fraction of sp³-hybridized carbons (Fsp3) is 0.273. The van der Waals surface area contributed by atoms with E-state index in [1.54, 1.807) is 6.07 Å². The van der Waals surface area contributed by atoms with Crippen LogP contribution in [0.1, 0.15) is 70.2 Å². The smallest absolute Gasteiger partial charge is 0.393 e. The Hall–Kier alpha value is -4.55. The van der Waals surface area contributed by atoms with E-state index >= 15 is 0 Å². The van der Waals surface area contributed by atoms with Crippen LogP contribution in [0.4, 0.5) is 13.2 Å². The number of rotatable bonds is 8. The zero-order chi connectivity index (χ0) is 29.7. The largest absolute Gasteiger partial charge is 0.435 e. The number of alkyl halides is 3. The minimum Gasteiger partial charge on any atom is -0.393 e. The molecule has 0 radical (unpaired) electrons. The summed E-state index contributed by atoms with van der Waals surface area (Å²) < 4.78 is 41.7. The summed E-state index contributed by atoms with van der Waals surface area (Å²) in [5.41, 5.74) is 1.47. The molecule has 214 valence electrons. The van der Waals surface area contributed by atoms with Crippen molar-refractivity contribution in [3.63, 3.8) is 0 Å². The molecule has 4 aromatic rings. The standard InChI is InChI=1S/C33H29F3N4O2/c34-33(35,36)31-19-29(40(39-31)27-11-5-7-24(17-27)20-37)30(42)18-23-6-4-10-26(16-23)32(25-8-2-1-3-9-25)38-21-22-12-14-28(41)15-13-22/h1-11,16-17,19,21-22,28,32,41H,12-15,18H2. The Bertz CT molecular complexity index is 1610. The van der Waals surface area contributed by atoms with Crippen molar-refractivity contribution in [2.75, 3.05) is 0 Å². The summed E-state index contributed by atoms with van der Waals surface area (Å²) in [5, 5.41) is 22.8. The van der Waals surface area contributed by atoms with E-state index in [0.29, 0.717) is 5.56 Å². The average molecular weight is 571 g/mol. The highest BCUT2D eigenvalue weighted by molar-refractivity contribution is 5.96. The average Bonchev–Trinajstić information content (AvgIpc) is 3.46. The van der Waals surface area contributed by atoms with Gasteiger partial charge in [-0.2, -0.15) is 23.5 Å². The van der Waals surface area contributed by atoms with Gasteiger partial charge in [0, 0.05) is 18.7 Å². The lowest BCUT2D eigenvalue weighted by atomic mass is 9.88. The molecule has 0 amide bonds. The molecule has 1 aliphatic rings. The van der Waals surface area contributed by atoms with Crippen LogP contribution in [0.5, 0.6) is 0 Å². The summed E-state index contributed by atoms with van der Waals surface area (Å²) in [6.45, 7) is 0. The van der Waals surface area contributed by atoms with Crippen molar-refractivity contribution in [2.45, 2.75) is 50.4 Å². The maximum absolute atomic E-state index is 13.6. The molecule has 0 aliphatic heterocycles. The van der Waals surface area contributed by atoms with Crippen molar-refractivity contribution in [3.05, 3.63) is 119 Å². The molecule has 6 nitrogen and oxygen atoms in total. The molecule has 9 heteroatoms. The number of aliphatic hydroxyl groups excluding tert-OH is 1. The number of nitriles is 1. The lowest BCUT2D eigenvalue weighted by Gasteiger charge is -2.23. The summed E-state index contributed by atoms with van der Waals surface area (Å²) in [6.07, 6.45) is 0.0402. The van der Waals surface area contributed by atoms with Crippen molar-refractivity contribution in [1.82, 2.24) is 9.78 Å². The molecule has 1 heterocycles. The molecule has 1 N–H and O–H groups in total. The number of nitrogens with zero attached hydrogens (tertiary/aromatic N) is 4. The van der Waals surface area contributed by atoms with Gasteiger partial charge in [-0.05, 0) is 66.5 Å². The summed E-state index contributed by atoms with van der Waals surface area (Å²) in [4.78, 5) is 18.4. The van der Waals surface area contributed by atoms with E-state index in [-0.39, 0.29) is 41.4 Å². The fourth-order valence-electron chi connectivity index (χ4n) is 5.23. The minimum atomic E-state index is -4.75. The van der Waals surface area contributed by atoms with Crippen LogP contribution in [-0.2, 0) is 12.6 Å². The Morgan fingerprint density at radius 2 is 1.71 bits per heavy atom. The van der Waals surface area contributed by atoms with Gasteiger partial charge in [0.05, 0.1) is 29.5 Å². The number of carbonyl (C=O) groups excluding carboxylic acids is 1. The maximum atomic E-state index is 13.6. The number of aromatic nitrogens is 2. The van der Waals surface area contributed by atoms with E-state index in [0.717, 1.165) is 47.6 Å². The number of aliphatic imine (C=N–C) groups is 1. The van der Waals surface area contributed by atoms with Crippen LogP contribution in [0.2, 0.25) is 0 Å². The number of hydrogen-bond acceptors (Lipinski definition) is 5. The number of halogens is 3. The number of aliphatic hydroxyl groups is 1. The van der Waals surface area contributed by atoms with Crippen LogP contribution in [0.15, 0.2) is 89.9 Å². The normalized spacial score (nSPS) is 18.1. The zero-order valence-corrected chi connectivity index (χ0v) is 22.7. The Morgan fingerprint density at radius 1 is 1.00 bits per heavy atom. The van der Waals surface area contributed by atoms with Gasteiger partial charge < -0.3 is 5.11 Å². The first-order chi connectivity index (χ1) is 20.2. The quantitative estimate of drug-likeness (QED) is 0.184. The molecule has 0 spiro atoms. The molecule has 0 bridgehead atoms. The third-order valence-corrected chi connectivity index (χ3v) is 7.44. The first-order valence-corrected chi connectivity index (χ1v) is 13.8. The van der Waals surface area contributed by atoms with E-state index in [9.17, 15) is 28.3 Å². The Labute approximate surface area is 241 Å². The van der Waals surface area contributed by atoms with Gasteiger partial charge in [-0.15, -0.1) is 0 Å². The second-order valence-electron chi connectivity index (χ2n) is 10.5. The van der Waals surface area contributed by atoms with Gasteiger partial charge in [-0.3, -0.25) is 9.79 Å². The molecule has 1 atom stereocenters. The lowest BCUT2D eigenvalue weighted by molar-refractivity contribution is -0.141. The predicted octanol–water partition coefficient (Wildman–Crippen LogP) is 6.90. The van der Waals surface area contributed by atoms with Gasteiger partial charge in [-0.1, -0.05) is 60.7 Å². The molecule has 42 heavy (non-hydrogen) atoms.